The number of Topliss-reactive ketones (excluding diaryl/α,β-unsaturated/α-hetero) is 1. The maximum atomic E-state index is 12.2. The molecule has 1 saturated heterocycles. The van der Waals surface area contributed by atoms with Gasteiger partial charge in [0.05, 0.1) is 0 Å². The Kier molecular flexibility index (Phi) is 4.43. The number of nitrogens with zero attached hydrogens (tertiary/aromatic N) is 1. The first-order valence-electron chi connectivity index (χ1n) is 7.26. The zero-order valence-electron chi connectivity index (χ0n) is 12.2. The van der Waals surface area contributed by atoms with E-state index in [-0.39, 0.29) is 0 Å². The highest BCUT2D eigenvalue weighted by Gasteiger charge is 2.35. The largest absolute Gasteiger partial charge is 0.300 e. The van der Waals surface area contributed by atoms with Crippen molar-refractivity contribution in [3.8, 4) is 0 Å². The van der Waals surface area contributed by atoms with Gasteiger partial charge in [0.2, 0.25) is 0 Å². The maximum absolute atomic E-state index is 12.2. The van der Waals surface area contributed by atoms with Gasteiger partial charge in [0, 0.05) is 42.5 Å². The van der Waals surface area contributed by atoms with Gasteiger partial charge in [-0.05, 0) is 32.1 Å². The minimum Gasteiger partial charge on any atom is -0.300 e. The van der Waals surface area contributed by atoms with Gasteiger partial charge in [0.1, 0.15) is 5.78 Å². The molecule has 2 nitrogen and oxygen atoms in total. The lowest BCUT2D eigenvalue weighted by molar-refractivity contribution is -0.128. The van der Waals surface area contributed by atoms with Gasteiger partial charge in [-0.2, -0.15) is 11.8 Å². The van der Waals surface area contributed by atoms with E-state index in [0.29, 0.717) is 28.3 Å². The molecule has 1 saturated carbocycles. The third-order valence-corrected chi connectivity index (χ3v) is 5.68. The molecule has 3 heteroatoms. The summed E-state index contributed by atoms with van der Waals surface area (Å²) in [5.41, 5.74) is 0. The second kappa shape index (κ2) is 5.54. The molecule has 0 bridgehead atoms. The minimum absolute atomic E-state index is 0.292. The summed E-state index contributed by atoms with van der Waals surface area (Å²) in [5, 5.41) is 0. The van der Waals surface area contributed by atoms with Crippen LogP contribution in [0.15, 0.2) is 0 Å². The standard InChI is InChI=1S/C15H27NOS/c1-11-7-12(2)13(14(17)8-11)9-16-5-6-18-15(3,4)10-16/h11-13H,5-10H2,1-4H3. The van der Waals surface area contributed by atoms with E-state index in [1.807, 2.05) is 0 Å². The van der Waals surface area contributed by atoms with Gasteiger partial charge < -0.3 is 4.90 Å². The van der Waals surface area contributed by atoms with Crippen LogP contribution >= 0.6 is 11.8 Å². The fourth-order valence-corrected chi connectivity index (χ4v) is 4.70. The van der Waals surface area contributed by atoms with Gasteiger partial charge in [-0.25, -0.2) is 0 Å². The average molecular weight is 269 g/mol. The van der Waals surface area contributed by atoms with Crippen LogP contribution in [-0.4, -0.2) is 40.8 Å². The van der Waals surface area contributed by atoms with E-state index in [2.05, 4.69) is 44.4 Å². The number of rotatable bonds is 2. The molecule has 1 heterocycles. The molecule has 0 spiro atoms. The molecule has 0 aromatic rings. The first-order chi connectivity index (χ1) is 8.37. The summed E-state index contributed by atoms with van der Waals surface area (Å²) in [6, 6.07) is 0. The molecule has 2 fully saturated rings. The van der Waals surface area contributed by atoms with Crippen LogP contribution in [0, 0.1) is 17.8 Å². The summed E-state index contributed by atoms with van der Waals surface area (Å²) in [5.74, 6) is 3.17. The van der Waals surface area contributed by atoms with Crippen molar-refractivity contribution in [3.05, 3.63) is 0 Å². The number of thioether (sulfide) groups is 1. The smallest absolute Gasteiger partial charge is 0.137 e. The van der Waals surface area contributed by atoms with Crippen molar-refractivity contribution in [2.75, 3.05) is 25.4 Å². The third-order valence-electron chi connectivity index (χ3n) is 4.38. The van der Waals surface area contributed by atoms with Crippen molar-refractivity contribution in [2.45, 2.75) is 45.3 Å². The zero-order valence-corrected chi connectivity index (χ0v) is 13.1. The van der Waals surface area contributed by atoms with Gasteiger partial charge in [0.25, 0.3) is 0 Å². The van der Waals surface area contributed by atoms with Gasteiger partial charge in [-0.1, -0.05) is 13.8 Å². The Labute approximate surface area is 116 Å². The lowest BCUT2D eigenvalue weighted by Crippen LogP contribution is -2.48. The fraction of sp³-hybridized carbons (Fsp3) is 0.933. The third kappa shape index (κ3) is 3.51. The summed E-state index contributed by atoms with van der Waals surface area (Å²) in [6.07, 6.45) is 2.03. The summed E-state index contributed by atoms with van der Waals surface area (Å²) in [6.45, 7) is 12.4. The van der Waals surface area contributed by atoms with Crippen molar-refractivity contribution in [1.29, 1.82) is 0 Å². The van der Waals surface area contributed by atoms with Crippen LogP contribution in [0.5, 0.6) is 0 Å². The summed E-state index contributed by atoms with van der Waals surface area (Å²) >= 11 is 2.06. The predicted molar refractivity (Wildman–Crippen MR) is 79.0 cm³/mol. The Morgan fingerprint density at radius 2 is 2.11 bits per heavy atom. The lowest BCUT2D eigenvalue weighted by Gasteiger charge is -2.41. The molecular weight excluding hydrogens is 242 g/mol. The Bertz CT molecular complexity index is 316. The molecule has 0 N–H and O–H groups in total. The van der Waals surface area contributed by atoms with E-state index < -0.39 is 0 Å². The molecule has 0 amide bonds. The van der Waals surface area contributed by atoms with Crippen LogP contribution in [0.4, 0.5) is 0 Å². The quantitative estimate of drug-likeness (QED) is 0.768. The van der Waals surface area contributed by atoms with Crippen molar-refractivity contribution >= 4 is 17.5 Å². The zero-order chi connectivity index (χ0) is 13.3. The first-order valence-corrected chi connectivity index (χ1v) is 8.25. The van der Waals surface area contributed by atoms with Crippen LogP contribution in [0.2, 0.25) is 0 Å². The number of ketones is 1. The van der Waals surface area contributed by atoms with Crippen LogP contribution in [0.1, 0.15) is 40.5 Å². The molecule has 0 radical (unpaired) electrons. The van der Waals surface area contributed by atoms with E-state index >= 15 is 0 Å². The molecule has 1 aliphatic carbocycles. The minimum atomic E-state index is 0.292. The van der Waals surface area contributed by atoms with E-state index in [0.717, 1.165) is 26.1 Å². The first kappa shape index (κ1) is 14.4. The summed E-state index contributed by atoms with van der Waals surface area (Å²) < 4.78 is 0.354. The highest BCUT2D eigenvalue weighted by atomic mass is 32.2. The number of hydrogen-bond donors (Lipinski definition) is 0. The number of carbonyl (C=O) groups is 1. The van der Waals surface area contributed by atoms with Crippen LogP contribution in [-0.2, 0) is 4.79 Å². The Hall–Kier alpha value is -0.0200. The SMILES string of the molecule is CC1CC(=O)C(CN2CCSC(C)(C)C2)C(C)C1. The van der Waals surface area contributed by atoms with Gasteiger partial charge in [-0.3, -0.25) is 4.79 Å². The van der Waals surface area contributed by atoms with Crippen LogP contribution in [0.3, 0.4) is 0 Å². The Morgan fingerprint density at radius 3 is 2.72 bits per heavy atom. The van der Waals surface area contributed by atoms with Crippen LogP contribution in [0.25, 0.3) is 0 Å². The van der Waals surface area contributed by atoms with E-state index in [9.17, 15) is 4.79 Å². The molecule has 3 unspecified atom stereocenters. The van der Waals surface area contributed by atoms with E-state index in [1.165, 1.54) is 12.2 Å². The van der Waals surface area contributed by atoms with Crippen molar-refractivity contribution in [2.24, 2.45) is 17.8 Å². The van der Waals surface area contributed by atoms with Crippen LogP contribution < -0.4 is 0 Å². The molecule has 104 valence electrons. The Balaban J connectivity index is 1.94. The molecule has 2 aliphatic rings. The molecule has 18 heavy (non-hydrogen) atoms. The highest BCUT2D eigenvalue weighted by Crippen LogP contribution is 2.34. The maximum Gasteiger partial charge on any atom is 0.137 e. The van der Waals surface area contributed by atoms with E-state index in [1.54, 1.807) is 0 Å². The molecule has 0 aromatic heterocycles. The van der Waals surface area contributed by atoms with E-state index in [4.69, 9.17) is 0 Å². The van der Waals surface area contributed by atoms with Crippen molar-refractivity contribution in [1.82, 2.24) is 4.90 Å². The average Bonchev–Trinajstić information content (AvgIpc) is 2.22. The van der Waals surface area contributed by atoms with Crippen molar-refractivity contribution in [3.63, 3.8) is 0 Å². The monoisotopic (exact) mass is 269 g/mol. The molecule has 1 aliphatic heterocycles. The fourth-order valence-electron chi connectivity index (χ4n) is 3.52. The second-order valence-corrected chi connectivity index (χ2v) is 8.74. The summed E-state index contributed by atoms with van der Waals surface area (Å²) in [4.78, 5) is 14.7. The molecular formula is C15H27NOS. The summed E-state index contributed by atoms with van der Waals surface area (Å²) in [7, 11) is 0. The molecule has 3 atom stereocenters. The lowest BCUT2D eigenvalue weighted by atomic mass is 9.74. The number of carbonyl (C=O) groups excluding carboxylic acids is 1. The molecule has 0 aromatic carbocycles. The molecule has 2 rings (SSSR count). The van der Waals surface area contributed by atoms with Gasteiger partial charge in [-0.15, -0.1) is 0 Å². The normalized spacial score (nSPS) is 37.8. The topological polar surface area (TPSA) is 20.3 Å². The second-order valence-electron chi connectivity index (χ2n) is 6.94. The van der Waals surface area contributed by atoms with Crippen molar-refractivity contribution < 1.29 is 4.79 Å². The van der Waals surface area contributed by atoms with Gasteiger partial charge >= 0.3 is 0 Å². The van der Waals surface area contributed by atoms with Gasteiger partial charge in [0.15, 0.2) is 0 Å². The number of hydrogen-bond acceptors (Lipinski definition) is 3. The Morgan fingerprint density at radius 1 is 1.39 bits per heavy atom. The predicted octanol–water partition coefficient (Wildman–Crippen LogP) is 3.07. The highest BCUT2D eigenvalue weighted by molar-refractivity contribution is 8.00.